The maximum absolute atomic E-state index is 13.7. The number of nitrogens with zero attached hydrogens (tertiary/aromatic N) is 1. The minimum atomic E-state index is -2.76. The first-order chi connectivity index (χ1) is 8.05. The minimum Gasteiger partial charge on any atom is -0.297 e. The van der Waals surface area contributed by atoms with Crippen molar-refractivity contribution in [1.29, 1.82) is 0 Å². The number of hydroxylamine groups is 1. The summed E-state index contributed by atoms with van der Waals surface area (Å²) in [6.07, 6.45) is -1.26. The first-order valence-electron chi connectivity index (χ1n) is 5.08. The van der Waals surface area contributed by atoms with E-state index in [1.165, 1.54) is 12.3 Å². The van der Waals surface area contributed by atoms with Gasteiger partial charge in [-0.2, -0.15) is 9.87 Å². The number of aromatic nitrogens is 1. The third-order valence-electron chi connectivity index (χ3n) is 3.29. The van der Waals surface area contributed by atoms with Gasteiger partial charge in [-0.25, -0.2) is 13.8 Å². The summed E-state index contributed by atoms with van der Waals surface area (Å²) in [6, 6.07) is 1.32. The van der Waals surface area contributed by atoms with Crippen LogP contribution in [-0.4, -0.2) is 17.5 Å². The Morgan fingerprint density at radius 3 is 2.88 bits per heavy atom. The monoisotopic (exact) mass is 308 g/mol. The lowest BCUT2D eigenvalue weighted by Crippen LogP contribution is -2.47. The van der Waals surface area contributed by atoms with Crippen molar-refractivity contribution in [2.24, 2.45) is 5.92 Å². The Labute approximate surface area is 103 Å². The van der Waals surface area contributed by atoms with Gasteiger partial charge >= 0.3 is 0 Å². The maximum Gasteiger partial charge on any atom is 0.263 e. The van der Waals surface area contributed by atoms with Gasteiger partial charge in [0.05, 0.1) is 6.10 Å². The van der Waals surface area contributed by atoms with E-state index in [4.69, 9.17) is 4.84 Å². The Balaban J connectivity index is 2.13. The highest BCUT2D eigenvalue weighted by Gasteiger charge is 2.66. The standard InChI is InChI=1S/C10H8BrF3N2O/c11-4-1-6(8(12)15-3-4)10(9(13)14)5-2-7(5)17-16-10/h1,3,5,7,9,16H,2H2. The predicted molar refractivity (Wildman–Crippen MR) is 55.7 cm³/mol. The van der Waals surface area contributed by atoms with Crippen molar-refractivity contribution in [3.8, 4) is 0 Å². The van der Waals surface area contributed by atoms with Crippen LogP contribution in [0.2, 0.25) is 0 Å². The fraction of sp³-hybridized carbons (Fsp3) is 0.500. The van der Waals surface area contributed by atoms with Gasteiger partial charge in [0.25, 0.3) is 6.43 Å². The maximum atomic E-state index is 13.7. The van der Waals surface area contributed by atoms with Crippen LogP contribution in [0.3, 0.4) is 0 Å². The van der Waals surface area contributed by atoms with Crippen LogP contribution in [0.25, 0.3) is 0 Å². The van der Waals surface area contributed by atoms with Gasteiger partial charge in [0, 0.05) is 22.2 Å². The summed E-state index contributed by atoms with van der Waals surface area (Å²) in [6.45, 7) is 0. The molecule has 0 spiro atoms. The van der Waals surface area contributed by atoms with Crippen LogP contribution in [0.1, 0.15) is 12.0 Å². The van der Waals surface area contributed by atoms with E-state index in [9.17, 15) is 13.2 Å². The van der Waals surface area contributed by atoms with E-state index < -0.39 is 23.8 Å². The molecule has 1 saturated heterocycles. The van der Waals surface area contributed by atoms with Gasteiger partial charge in [0.15, 0.2) is 0 Å². The van der Waals surface area contributed by atoms with E-state index in [-0.39, 0.29) is 11.7 Å². The molecule has 1 aromatic rings. The van der Waals surface area contributed by atoms with Crippen LogP contribution < -0.4 is 5.48 Å². The highest BCUT2D eigenvalue weighted by Crippen LogP contribution is 2.55. The lowest BCUT2D eigenvalue weighted by Gasteiger charge is -2.29. The smallest absolute Gasteiger partial charge is 0.263 e. The van der Waals surface area contributed by atoms with Crippen molar-refractivity contribution in [2.45, 2.75) is 24.5 Å². The molecule has 2 aliphatic rings. The Bertz CT molecular complexity index is 473. The molecule has 0 aromatic carbocycles. The van der Waals surface area contributed by atoms with Gasteiger partial charge in [0.2, 0.25) is 5.95 Å². The summed E-state index contributed by atoms with van der Waals surface area (Å²) >= 11 is 3.11. The van der Waals surface area contributed by atoms with Gasteiger partial charge in [-0.3, -0.25) is 4.84 Å². The third kappa shape index (κ3) is 1.52. The molecule has 0 bridgehead atoms. The zero-order chi connectivity index (χ0) is 12.2. The number of hydrogen-bond donors (Lipinski definition) is 1. The normalized spacial score (nSPS) is 35.1. The van der Waals surface area contributed by atoms with Gasteiger partial charge < -0.3 is 0 Å². The molecule has 3 rings (SSSR count). The molecule has 1 aliphatic heterocycles. The zero-order valence-corrected chi connectivity index (χ0v) is 10.0. The molecule has 2 fully saturated rings. The Morgan fingerprint density at radius 1 is 1.59 bits per heavy atom. The molecule has 92 valence electrons. The second kappa shape index (κ2) is 3.66. The van der Waals surface area contributed by atoms with Crippen LogP contribution in [0.5, 0.6) is 0 Å². The van der Waals surface area contributed by atoms with Crippen molar-refractivity contribution < 1.29 is 18.0 Å². The zero-order valence-electron chi connectivity index (χ0n) is 8.46. The number of halogens is 4. The summed E-state index contributed by atoms with van der Waals surface area (Å²) in [5.41, 5.74) is 0.384. The van der Waals surface area contributed by atoms with Crippen molar-refractivity contribution in [1.82, 2.24) is 10.5 Å². The average Bonchev–Trinajstić information content (AvgIpc) is 2.97. The number of rotatable bonds is 2. The lowest BCUT2D eigenvalue weighted by atomic mass is 9.87. The number of hydrogen-bond acceptors (Lipinski definition) is 3. The Hall–Kier alpha value is -0.660. The molecular weight excluding hydrogens is 301 g/mol. The molecular formula is C10H8BrF3N2O. The van der Waals surface area contributed by atoms with Crippen molar-refractivity contribution in [3.05, 3.63) is 28.2 Å². The Kier molecular flexibility index (Phi) is 2.46. The predicted octanol–water partition coefficient (Wildman–Crippen LogP) is 2.37. The fourth-order valence-electron chi connectivity index (χ4n) is 2.32. The van der Waals surface area contributed by atoms with Crippen molar-refractivity contribution in [2.75, 3.05) is 0 Å². The second-order valence-corrected chi connectivity index (χ2v) is 5.18. The van der Waals surface area contributed by atoms with Crippen LogP contribution in [-0.2, 0) is 10.4 Å². The second-order valence-electron chi connectivity index (χ2n) is 4.26. The van der Waals surface area contributed by atoms with Gasteiger partial charge in [-0.15, -0.1) is 0 Å². The molecule has 17 heavy (non-hydrogen) atoms. The first-order valence-corrected chi connectivity index (χ1v) is 5.87. The van der Waals surface area contributed by atoms with E-state index >= 15 is 0 Å². The third-order valence-corrected chi connectivity index (χ3v) is 3.73. The molecule has 0 radical (unpaired) electrons. The van der Waals surface area contributed by atoms with Gasteiger partial charge in [-0.05, 0) is 28.4 Å². The van der Waals surface area contributed by atoms with E-state index in [2.05, 4.69) is 26.4 Å². The molecule has 1 N–H and O–H groups in total. The molecule has 1 saturated carbocycles. The largest absolute Gasteiger partial charge is 0.297 e. The highest BCUT2D eigenvalue weighted by atomic mass is 79.9. The lowest BCUT2D eigenvalue weighted by molar-refractivity contribution is -0.0570. The summed E-state index contributed by atoms with van der Waals surface area (Å²) in [5, 5.41) is 0. The van der Waals surface area contributed by atoms with E-state index in [1.54, 1.807) is 0 Å². The molecule has 3 unspecified atom stereocenters. The number of alkyl halides is 2. The number of nitrogens with one attached hydrogen (secondary N) is 1. The van der Waals surface area contributed by atoms with Crippen LogP contribution in [0.4, 0.5) is 13.2 Å². The summed E-state index contributed by atoms with van der Waals surface area (Å²) in [5.74, 6) is -1.29. The summed E-state index contributed by atoms with van der Waals surface area (Å²) in [7, 11) is 0. The number of fused-ring (bicyclic) bond motifs is 1. The highest BCUT2D eigenvalue weighted by molar-refractivity contribution is 9.10. The van der Waals surface area contributed by atoms with E-state index in [0.29, 0.717) is 10.9 Å². The summed E-state index contributed by atoms with van der Waals surface area (Å²) in [4.78, 5) is 8.47. The molecule has 7 heteroatoms. The fourth-order valence-corrected chi connectivity index (χ4v) is 2.65. The molecule has 3 nitrogen and oxygen atoms in total. The first kappa shape index (κ1) is 11.4. The van der Waals surface area contributed by atoms with Gasteiger partial charge in [0.1, 0.15) is 5.54 Å². The van der Waals surface area contributed by atoms with Crippen LogP contribution >= 0.6 is 15.9 Å². The molecule has 1 aromatic heterocycles. The number of pyridine rings is 1. The average molecular weight is 309 g/mol. The van der Waals surface area contributed by atoms with Crippen molar-refractivity contribution in [3.63, 3.8) is 0 Å². The van der Waals surface area contributed by atoms with Crippen LogP contribution in [0, 0.1) is 11.9 Å². The molecule has 2 heterocycles. The molecule has 3 atom stereocenters. The van der Waals surface area contributed by atoms with Crippen molar-refractivity contribution >= 4 is 15.9 Å². The SMILES string of the molecule is Fc1ncc(Br)cc1C1(C(F)F)NOC2CC21. The van der Waals surface area contributed by atoms with Crippen LogP contribution in [0.15, 0.2) is 16.7 Å². The van der Waals surface area contributed by atoms with Gasteiger partial charge in [-0.1, -0.05) is 0 Å². The topological polar surface area (TPSA) is 34.2 Å². The minimum absolute atomic E-state index is 0.146. The Morgan fingerprint density at radius 2 is 2.35 bits per heavy atom. The molecule has 0 amide bonds. The molecule has 1 aliphatic carbocycles. The summed E-state index contributed by atoms with van der Waals surface area (Å²) < 4.78 is 40.8. The van der Waals surface area contributed by atoms with E-state index in [1.807, 2.05) is 0 Å². The quantitative estimate of drug-likeness (QED) is 0.852. The van der Waals surface area contributed by atoms with E-state index in [0.717, 1.165) is 0 Å².